The molecular weight excluding hydrogens is 250 g/mol. The second-order valence-corrected chi connectivity index (χ2v) is 5.61. The largest absolute Gasteiger partial charge is 0.390 e. The number of benzene rings is 2. The summed E-state index contributed by atoms with van der Waals surface area (Å²) in [6.07, 6.45) is 0.173. The lowest BCUT2D eigenvalue weighted by atomic mass is 10.2. The molecule has 1 aromatic heterocycles. The molecule has 1 aliphatic rings. The molecule has 4 rings (SSSR count). The van der Waals surface area contributed by atoms with E-state index >= 15 is 0 Å². The molecule has 0 spiro atoms. The molecule has 3 aromatic rings. The highest BCUT2D eigenvalue weighted by molar-refractivity contribution is 6.08. The van der Waals surface area contributed by atoms with Crippen LogP contribution in [-0.2, 0) is 0 Å². The van der Waals surface area contributed by atoms with Crippen LogP contribution in [0.25, 0.3) is 21.8 Å². The molecule has 1 heterocycles. The van der Waals surface area contributed by atoms with E-state index in [2.05, 4.69) is 28.8 Å². The van der Waals surface area contributed by atoms with Crippen molar-refractivity contribution >= 4 is 21.8 Å². The third-order valence-electron chi connectivity index (χ3n) is 4.50. The number of hydrogen-bond acceptors (Lipinski definition) is 2. The van der Waals surface area contributed by atoms with E-state index in [9.17, 15) is 10.2 Å². The summed E-state index contributed by atoms with van der Waals surface area (Å²) in [4.78, 5) is 0. The average molecular weight is 267 g/mol. The molecule has 0 saturated heterocycles. The zero-order valence-corrected chi connectivity index (χ0v) is 11.1. The SMILES string of the molecule is O[C@H]1[C@@H](O)CC[C@@H]1n1c2ccccc2c2ccccc21. The molecule has 2 N–H and O–H groups in total. The standard InChI is InChI=1S/C17H17NO2/c19-16-10-9-15(17(16)20)18-13-7-3-1-5-11(13)12-6-2-4-8-14(12)18/h1-8,15-17,19-20H,9-10H2/t15-,16-,17+/m0/s1. The van der Waals surface area contributed by atoms with Gasteiger partial charge in [-0.2, -0.15) is 0 Å². The maximum Gasteiger partial charge on any atom is 0.101 e. The highest BCUT2D eigenvalue weighted by Gasteiger charge is 2.35. The van der Waals surface area contributed by atoms with Crippen LogP contribution >= 0.6 is 0 Å². The number of aliphatic hydroxyl groups is 2. The first-order valence-corrected chi connectivity index (χ1v) is 7.11. The smallest absolute Gasteiger partial charge is 0.101 e. The van der Waals surface area contributed by atoms with E-state index in [0.717, 1.165) is 17.5 Å². The molecule has 1 fully saturated rings. The number of aliphatic hydroxyl groups excluding tert-OH is 2. The Bertz CT molecular complexity index is 724. The Kier molecular flexibility index (Phi) is 2.59. The Balaban J connectivity index is 2.05. The predicted molar refractivity (Wildman–Crippen MR) is 79.7 cm³/mol. The Labute approximate surface area is 117 Å². The number of fused-ring (bicyclic) bond motifs is 3. The van der Waals surface area contributed by atoms with Crippen molar-refractivity contribution < 1.29 is 10.2 Å². The van der Waals surface area contributed by atoms with E-state index in [-0.39, 0.29) is 6.04 Å². The molecule has 0 bridgehead atoms. The molecular formula is C17H17NO2. The Morgan fingerprint density at radius 2 is 1.35 bits per heavy atom. The Morgan fingerprint density at radius 3 is 1.85 bits per heavy atom. The van der Waals surface area contributed by atoms with Crippen LogP contribution in [0.1, 0.15) is 18.9 Å². The van der Waals surface area contributed by atoms with Crippen molar-refractivity contribution in [1.82, 2.24) is 4.57 Å². The number of hydrogen-bond donors (Lipinski definition) is 2. The summed E-state index contributed by atoms with van der Waals surface area (Å²) in [5, 5.41) is 22.5. The maximum atomic E-state index is 10.3. The van der Waals surface area contributed by atoms with Gasteiger partial charge in [-0.15, -0.1) is 0 Å². The number of aromatic nitrogens is 1. The minimum atomic E-state index is -0.686. The van der Waals surface area contributed by atoms with Crippen molar-refractivity contribution in [2.45, 2.75) is 31.1 Å². The van der Waals surface area contributed by atoms with Gasteiger partial charge in [-0.3, -0.25) is 0 Å². The van der Waals surface area contributed by atoms with Crippen LogP contribution in [0.5, 0.6) is 0 Å². The molecule has 3 nitrogen and oxygen atoms in total. The third kappa shape index (κ3) is 1.54. The summed E-state index contributed by atoms with van der Waals surface area (Å²) in [6, 6.07) is 16.5. The summed E-state index contributed by atoms with van der Waals surface area (Å²) in [6.45, 7) is 0. The van der Waals surface area contributed by atoms with Gasteiger partial charge in [0.1, 0.15) is 6.10 Å². The summed E-state index contributed by atoms with van der Waals surface area (Å²) in [5.74, 6) is 0. The summed E-state index contributed by atoms with van der Waals surface area (Å²) in [7, 11) is 0. The summed E-state index contributed by atoms with van der Waals surface area (Å²) >= 11 is 0. The van der Waals surface area contributed by atoms with Crippen LogP contribution in [0.15, 0.2) is 48.5 Å². The van der Waals surface area contributed by atoms with Crippen LogP contribution in [0.4, 0.5) is 0 Å². The van der Waals surface area contributed by atoms with Gasteiger partial charge in [0.15, 0.2) is 0 Å². The molecule has 1 aliphatic carbocycles. The van der Waals surface area contributed by atoms with Crippen molar-refractivity contribution in [1.29, 1.82) is 0 Å². The van der Waals surface area contributed by atoms with Crippen molar-refractivity contribution in [2.75, 3.05) is 0 Å². The first kappa shape index (κ1) is 11.9. The van der Waals surface area contributed by atoms with E-state index in [4.69, 9.17) is 0 Å². The number of nitrogens with zero attached hydrogens (tertiary/aromatic N) is 1. The van der Waals surface area contributed by atoms with E-state index < -0.39 is 12.2 Å². The molecule has 3 heteroatoms. The molecule has 20 heavy (non-hydrogen) atoms. The highest BCUT2D eigenvalue weighted by Crippen LogP contribution is 2.38. The molecule has 3 atom stereocenters. The number of rotatable bonds is 1. The lowest BCUT2D eigenvalue weighted by molar-refractivity contribution is 0.0250. The predicted octanol–water partition coefficient (Wildman–Crippen LogP) is 2.85. The van der Waals surface area contributed by atoms with Crippen LogP contribution in [0.3, 0.4) is 0 Å². The van der Waals surface area contributed by atoms with Gasteiger partial charge in [0.05, 0.1) is 12.1 Å². The zero-order valence-electron chi connectivity index (χ0n) is 11.1. The molecule has 0 amide bonds. The first-order chi connectivity index (χ1) is 9.77. The number of para-hydroxylation sites is 2. The second kappa shape index (κ2) is 4.33. The minimum absolute atomic E-state index is 0.0465. The van der Waals surface area contributed by atoms with Crippen molar-refractivity contribution in [3.8, 4) is 0 Å². The topological polar surface area (TPSA) is 45.4 Å². The van der Waals surface area contributed by atoms with Crippen LogP contribution in [-0.4, -0.2) is 27.0 Å². The van der Waals surface area contributed by atoms with Gasteiger partial charge in [0, 0.05) is 21.8 Å². The van der Waals surface area contributed by atoms with E-state index in [1.54, 1.807) is 0 Å². The van der Waals surface area contributed by atoms with E-state index in [0.29, 0.717) is 6.42 Å². The van der Waals surface area contributed by atoms with Crippen molar-refractivity contribution in [3.05, 3.63) is 48.5 Å². The normalized spacial score (nSPS) is 26.6. The summed E-state index contributed by atoms with van der Waals surface area (Å²) in [5.41, 5.74) is 2.26. The zero-order chi connectivity index (χ0) is 13.7. The van der Waals surface area contributed by atoms with Crippen molar-refractivity contribution in [2.24, 2.45) is 0 Å². The van der Waals surface area contributed by atoms with Crippen LogP contribution < -0.4 is 0 Å². The Morgan fingerprint density at radius 1 is 0.800 bits per heavy atom. The lowest BCUT2D eigenvalue weighted by Gasteiger charge is -2.20. The van der Waals surface area contributed by atoms with E-state index in [1.165, 1.54) is 10.8 Å². The fraction of sp³-hybridized carbons (Fsp3) is 0.294. The quantitative estimate of drug-likeness (QED) is 0.712. The molecule has 1 saturated carbocycles. The van der Waals surface area contributed by atoms with Gasteiger partial charge < -0.3 is 14.8 Å². The fourth-order valence-corrected chi connectivity index (χ4v) is 3.53. The van der Waals surface area contributed by atoms with E-state index in [1.807, 2.05) is 24.3 Å². The minimum Gasteiger partial charge on any atom is -0.390 e. The third-order valence-corrected chi connectivity index (χ3v) is 4.50. The molecule has 2 aromatic carbocycles. The lowest BCUT2D eigenvalue weighted by Crippen LogP contribution is -2.26. The van der Waals surface area contributed by atoms with Gasteiger partial charge in [0.2, 0.25) is 0 Å². The van der Waals surface area contributed by atoms with Gasteiger partial charge in [-0.25, -0.2) is 0 Å². The van der Waals surface area contributed by atoms with Crippen LogP contribution in [0.2, 0.25) is 0 Å². The van der Waals surface area contributed by atoms with Gasteiger partial charge in [0.25, 0.3) is 0 Å². The second-order valence-electron chi connectivity index (χ2n) is 5.61. The fourth-order valence-electron chi connectivity index (χ4n) is 3.53. The molecule has 0 aliphatic heterocycles. The Hall–Kier alpha value is -1.84. The monoisotopic (exact) mass is 267 g/mol. The van der Waals surface area contributed by atoms with Gasteiger partial charge in [-0.05, 0) is 25.0 Å². The average Bonchev–Trinajstić information content (AvgIpc) is 2.98. The van der Waals surface area contributed by atoms with Gasteiger partial charge in [-0.1, -0.05) is 36.4 Å². The molecule has 0 unspecified atom stereocenters. The van der Waals surface area contributed by atoms with Crippen molar-refractivity contribution in [3.63, 3.8) is 0 Å². The van der Waals surface area contributed by atoms with Gasteiger partial charge >= 0.3 is 0 Å². The molecule has 0 radical (unpaired) electrons. The van der Waals surface area contributed by atoms with Crippen LogP contribution in [0, 0.1) is 0 Å². The highest BCUT2D eigenvalue weighted by atomic mass is 16.3. The maximum absolute atomic E-state index is 10.3. The summed E-state index contributed by atoms with van der Waals surface area (Å²) < 4.78 is 2.20. The first-order valence-electron chi connectivity index (χ1n) is 7.11. The molecule has 102 valence electrons.